The standard InChI is InChI=1S/C27H39O5P/c1-17(2)31-33(29,32-18(3)4)16-30-22-13-19(5)24(20(6)14-22)15-21-9-10-25(28)26-23(21)11-12-27(26,7)8/h9-10,13-14,17-18,28H,11-12,15-16H2,1-8H3. The smallest absolute Gasteiger partial charge is 0.368 e. The van der Waals surface area contributed by atoms with Crippen molar-refractivity contribution in [3.05, 3.63) is 57.6 Å². The number of ether oxygens (including phenoxy) is 1. The second kappa shape index (κ2) is 9.82. The molecular formula is C27H39O5P. The van der Waals surface area contributed by atoms with Gasteiger partial charge in [-0.15, -0.1) is 0 Å². The molecule has 6 heteroatoms. The Labute approximate surface area is 199 Å². The second-order valence-corrected chi connectivity index (χ2v) is 12.3. The van der Waals surface area contributed by atoms with Gasteiger partial charge in [0.15, 0.2) is 6.35 Å². The van der Waals surface area contributed by atoms with Gasteiger partial charge in [0.1, 0.15) is 11.5 Å². The first-order valence-electron chi connectivity index (χ1n) is 11.8. The lowest BCUT2D eigenvalue weighted by Crippen LogP contribution is -2.13. The number of fused-ring (bicyclic) bond motifs is 1. The van der Waals surface area contributed by atoms with Crippen molar-refractivity contribution in [3.8, 4) is 11.5 Å². The van der Waals surface area contributed by atoms with E-state index in [9.17, 15) is 9.67 Å². The van der Waals surface area contributed by atoms with E-state index in [0.29, 0.717) is 11.5 Å². The predicted molar refractivity (Wildman–Crippen MR) is 134 cm³/mol. The molecule has 5 nitrogen and oxygen atoms in total. The molecule has 0 spiro atoms. The molecule has 0 unspecified atom stereocenters. The van der Waals surface area contributed by atoms with Crippen molar-refractivity contribution in [2.75, 3.05) is 6.35 Å². The van der Waals surface area contributed by atoms with Crippen molar-refractivity contribution in [3.63, 3.8) is 0 Å². The average molecular weight is 475 g/mol. The van der Waals surface area contributed by atoms with E-state index in [-0.39, 0.29) is 24.0 Å². The van der Waals surface area contributed by atoms with Gasteiger partial charge in [0.25, 0.3) is 0 Å². The number of rotatable bonds is 9. The summed E-state index contributed by atoms with van der Waals surface area (Å²) in [5, 5.41) is 10.5. The van der Waals surface area contributed by atoms with Gasteiger partial charge in [0.2, 0.25) is 0 Å². The van der Waals surface area contributed by atoms with Crippen LogP contribution in [0.15, 0.2) is 24.3 Å². The molecule has 1 aliphatic rings. The molecule has 0 atom stereocenters. The first-order valence-corrected chi connectivity index (χ1v) is 13.6. The van der Waals surface area contributed by atoms with Gasteiger partial charge in [-0.1, -0.05) is 19.9 Å². The number of phenolic OH excluding ortho intramolecular Hbond substituents is 1. The topological polar surface area (TPSA) is 65.0 Å². The van der Waals surface area contributed by atoms with Crippen LogP contribution in [0.25, 0.3) is 0 Å². The van der Waals surface area contributed by atoms with Gasteiger partial charge in [-0.2, -0.15) is 0 Å². The summed E-state index contributed by atoms with van der Waals surface area (Å²) >= 11 is 0. The first kappa shape index (κ1) is 25.8. The van der Waals surface area contributed by atoms with Crippen molar-refractivity contribution < 1.29 is 23.5 Å². The predicted octanol–water partition coefficient (Wildman–Crippen LogP) is 7.20. The summed E-state index contributed by atoms with van der Waals surface area (Å²) in [6.45, 7) is 15.9. The third-order valence-electron chi connectivity index (χ3n) is 6.23. The minimum atomic E-state index is -3.37. The maximum Gasteiger partial charge on any atom is 0.368 e. The molecule has 0 amide bonds. The lowest BCUT2D eigenvalue weighted by atomic mass is 9.84. The molecule has 182 valence electrons. The highest BCUT2D eigenvalue weighted by Gasteiger charge is 2.34. The van der Waals surface area contributed by atoms with Crippen LogP contribution in [-0.4, -0.2) is 23.7 Å². The summed E-state index contributed by atoms with van der Waals surface area (Å²) in [4.78, 5) is 0. The van der Waals surface area contributed by atoms with E-state index >= 15 is 0 Å². The highest BCUT2D eigenvalue weighted by Crippen LogP contribution is 2.50. The number of benzene rings is 2. The molecule has 1 aliphatic carbocycles. The van der Waals surface area contributed by atoms with Crippen LogP contribution in [0.2, 0.25) is 0 Å². The molecule has 0 saturated heterocycles. The summed E-state index contributed by atoms with van der Waals surface area (Å²) in [7, 11) is -3.37. The Balaban J connectivity index is 1.82. The Kier molecular flexibility index (Phi) is 7.68. The number of hydrogen-bond donors (Lipinski definition) is 1. The third kappa shape index (κ3) is 6.01. The van der Waals surface area contributed by atoms with Crippen LogP contribution in [0.5, 0.6) is 11.5 Å². The fraction of sp³-hybridized carbons (Fsp3) is 0.556. The van der Waals surface area contributed by atoms with E-state index in [4.69, 9.17) is 13.8 Å². The SMILES string of the molecule is Cc1cc(OCP(=O)(OC(C)C)OC(C)C)cc(C)c1Cc1ccc(O)c2c1CCC2(C)C. The van der Waals surface area contributed by atoms with Crippen LogP contribution in [0.4, 0.5) is 0 Å². The summed E-state index contributed by atoms with van der Waals surface area (Å²) < 4.78 is 30.2. The molecule has 0 radical (unpaired) electrons. The fourth-order valence-electron chi connectivity index (χ4n) is 4.84. The van der Waals surface area contributed by atoms with Crippen molar-refractivity contribution in [2.45, 2.75) is 92.3 Å². The molecule has 2 aromatic rings. The summed E-state index contributed by atoms with van der Waals surface area (Å²) in [5.74, 6) is 1.07. The van der Waals surface area contributed by atoms with Crippen LogP contribution >= 0.6 is 7.60 Å². The van der Waals surface area contributed by atoms with E-state index in [1.807, 2.05) is 45.9 Å². The lowest BCUT2D eigenvalue weighted by Gasteiger charge is -2.23. The van der Waals surface area contributed by atoms with Crippen LogP contribution in [0, 0.1) is 13.8 Å². The minimum Gasteiger partial charge on any atom is -0.508 e. The van der Waals surface area contributed by atoms with Crippen molar-refractivity contribution >= 4 is 7.60 Å². The Morgan fingerprint density at radius 3 is 2.15 bits per heavy atom. The largest absolute Gasteiger partial charge is 0.508 e. The van der Waals surface area contributed by atoms with Gasteiger partial charge >= 0.3 is 7.60 Å². The van der Waals surface area contributed by atoms with Crippen LogP contribution < -0.4 is 4.74 Å². The maximum absolute atomic E-state index is 13.1. The van der Waals surface area contributed by atoms with Crippen molar-refractivity contribution in [1.82, 2.24) is 0 Å². The Hall–Kier alpha value is -1.81. The van der Waals surface area contributed by atoms with Crippen molar-refractivity contribution in [1.29, 1.82) is 0 Å². The number of phenols is 1. The van der Waals surface area contributed by atoms with Crippen LogP contribution in [0.1, 0.15) is 81.3 Å². The molecule has 1 N–H and O–H groups in total. The quantitative estimate of drug-likeness (QED) is 0.389. The molecular weight excluding hydrogens is 435 g/mol. The van der Waals surface area contributed by atoms with Crippen LogP contribution in [0.3, 0.4) is 0 Å². The van der Waals surface area contributed by atoms with E-state index in [1.165, 1.54) is 16.7 Å². The normalized spacial score (nSPS) is 15.3. The zero-order valence-electron chi connectivity index (χ0n) is 21.3. The summed E-state index contributed by atoms with van der Waals surface area (Å²) in [6, 6.07) is 7.87. The summed E-state index contributed by atoms with van der Waals surface area (Å²) in [5.41, 5.74) is 7.15. The molecule has 3 rings (SSSR count). The summed E-state index contributed by atoms with van der Waals surface area (Å²) in [6.07, 6.45) is 2.28. The van der Waals surface area contributed by atoms with E-state index in [1.54, 1.807) is 0 Å². The molecule has 0 fully saturated rings. The number of aryl methyl sites for hydroxylation is 2. The fourth-order valence-corrected chi connectivity index (χ4v) is 6.60. The van der Waals surface area contributed by atoms with E-state index < -0.39 is 7.60 Å². The third-order valence-corrected chi connectivity index (χ3v) is 8.16. The van der Waals surface area contributed by atoms with Gasteiger partial charge in [-0.3, -0.25) is 4.57 Å². The van der Waals surface area contributed by atoms with Crippen molar-refractivity contribution in [2.24, 2.45) is 0 Å². The molecule has 0 heterocycles. The van der Waals surface area contributed by atoms with E-state index in [0.717, 1.165) is 36.0 Å². The van der Waals surface area contributed by atoms with Gasteiger partial charge in [-0.25, -0.2) is 0 Å². The van der Waals surface area contributed by atoms with E-state index in [2.05, 4.69) is 33.8 Å². The zero-order valence-corrected chi connectivity index (χ0v) is 22.2. The molecule has 0 aliphatic heterocycles. The maximum atomic E-state index is 13.1. The highest BCUT2D eigenvalue weighted by atomic mass is 31.2. The molecule has 33 heavy (non-hydrogen) atoms. The second-order valence-electron chi connectivity index (χ2n) is 10.4. The first-order chi connectivity index (χ1) is 15.3. The number of aromatic hydroxyl groups is 1. The molecule has 0 bridgehead atoms. The monoisotopic (exact) mass is 474 g/mol. The molecule has 2 aromatic carbocycles. The Morgan fingerprint density at radius 1 is 1.03 bits per heavy atom. The minimum absolute atomic E-state index is 0.00126. The molecule has 0 saturated carbocycles. The van der Waals surface area contributed by atoms with Crippen LogP contribution in [-0.2, 0) is 31.9 Å². The molecule has 0 aromatic heterocycles. The zero-order chi connectivity index (χ0) is 24.6. The average Bonchev–Trinajstić information content (AvgIpc) is 3.00. The van der Waals surface area contributed by atoms with Gasteiger partial charge in [0, 0.05) is 5.56 Å². The highest BCUT2D eigenvalue weighted by molar-refractivity contribution is 7.53. The van der Waals surface area contributed by atoms with Gasteiger partial charge < -0.3 is 18.9 Å². The Bertz CT molecular complexity index is 1020. The van der Waals surface area contributed by atoms with Gasteiger partial charge in [0.05, 0.1) is 12.2 Å². The van der Waals surface area contributed by atoms with Gasteiger partial charge in [-0.05, 0) is 112 Å². The lowest BCUT2D eigenvalue weighted by molar-refractivity contribution is 0.129. The number of hydrogen-bond acceptors (Lipinski definition) is 5. The Morgan fingerprint density at radius 2 is 1.61 bits per heavy atom.